The van der Waals surface area contributed by atoms with Crippen LogP contribution in [0.4, 0.5) is 29.5 Å². The fourth-order valence-corrected chi connectivity index (χ4v) is 5.80. The lowest BCUT2D eigenvalue weighted by Crippen LogP contribution is -2.54. The van der Waals surface area contributed by atoms with Crippen LogP contribution in [0.3, 0.4) is 0 Å². The van der Waals surface area contributed by atoms with Crippen molar-refractivity contribution in [1.29, 1.82) is 5.26 Å². The predicted octanol–water partition coefficient (Wildman–Crippen LogP) is 3.45. The Morgan fingerprint density at radius 3 is 2.57 bits per heavy atom. The topological polar surface area (TPSA) is 186 Å². The molecule has 4 aromatic rings. The standard InChI is InChI=1S/C29H29ClF3N11O2.CH2O2/c30-22-14-18(2-3-20(22)27(45)41-10-12-42(13-11-41)28(46)39-19-4-6-35-15-19)38-25-26-37-16-23(44(26)9-7-36-25)21-17-43(8-1-5-34)40-24(21)29(31,32)33;2-1-3/h2-3,7,9,14,16-17,19,35H,1,4,6,8,10-13,15H2,(H,36,38)(H,39,46);1H,(H,2,3)/t19-;/m1./s1. The van der Waals surface area contributed by atoms with E-state index < -0.39 is 11.9 Å². The van der Waals surface area contributed by atoms with E-state index in [1.807, 2.05) is 6.07 Å². The van der Waals surface area contributed by atoms with Gasteiger partial charge >= 0.3 is 12.2 Å². The van der Waals surface area contributed by atoms with Crippen LogP contribution < -0.4 is 16.0 Å². The lowest BCUT2D eigenvalue weighted by atomic mass is 10.1. The first-order chi connectivity index (χ1) is 23.5. The van der Waals surface area contributed by atoms with Crippen LogP contribution in [0.1, 0.15) is 28.9 Å². The molecule has 258 valence electrons. The van der Waals surface area contributed by atoms with E-state index >= 15 is 0 Å². The Morgan fingerprint density at radius 2 is 1.92 bits per heavy atom. The minimum absolute atomic E-state index is 0.00442. The number of alkyl halides is 3. The summed E-state index contributed by atoms with van der Waals surface area (Å²) in [6.45, 7) is 2.94. The molecule has 2 saturated heterocycles. The minimum Gasteiger partial charge on any atom is -0.483 e. The van der Waals surface area contributed by atoms with Crippen molar-refractivity contribution in [1.82, 2.24) is 44.6 Å². The second-order valence-electron chi connectivity index (χ2n) is 11.0. The number of halogens is 4. The summed E-state index contributed by atoms with van der Waals surface area (Å²) >= 11 is 6.54. The van der Waals surface area contributed by atoms with Crippen LogP contribution in [-0.4, -0.2) is 103 Å². The number of carbonyl (C=O) groups is 3. The summed E-state index contributed by atoms with van der Waals surface area (Å²) in [6.07, 6.45) is 1.61. The second-order valence-corrected chi connectivity index (χ2v) is 11.4. The van der Waals surface area contributed by atoms with Crippen molar-refractivity contribution < 1.29 is 32.7 Å². The summed E-state index contributed by atoms with van der Waals surface area (Å²) in [4.78, 5) is 46.2. The first kappa shape index (κ1) is 34.9. The molecule has 0 saturated carbocycles. The lowest BCUT2D eigenvalue weighted by Gasteiger charge is -2.35. The fourth-order valence-electron chi connectivity index (χ4n) is 5.53. The lowest BCUT2D eigenvalue weighted by molar-refractivity contribution is -0.141. The molecule has 49 heavy (non-hydrogen) atoms. The highest BCUT2D eigenvalue weighted by molar-refractivity contribution is 6.34. The molecular weight excluding hydrogens is 671 g/mol. The first-order valence-corrected chi connectivity index (χ1v) is 15.5. The Kier molecular flexibility index (Phi) is 10.8. The number of hydrogen-bond donors (Lipinski definition) is 4. The highest BCUT2D eigenvalue weighted by Crippen LogP contribution is 2.37. The molecule has 2 fully saturated rings. The molecule has 3 aromatic heterocycles. The molecule has 6 rings (SSSR count). The highest BCUT2D eigenvalue weighted by Gasteiger charge is 2.38. The van der Waals surface area contributed by atoms with E-state index in [4.69, 9.17) is 26.8 Å². The van der Waals surface area contributed by atoms with Gasteiger partial charge in [-0.3, -0.25) is 18.7 Å². The molecule has 15 nitrogen and oxygen atoms in total. The van der Waals surface area contributed by atoms with Crippen LogP contribution in [0.5, 0.6) is 0 Å². The van der Waals surface area contributed by atoms with E-state index in [0.717, 1.165) is 24.2 Å². The van der Waals surface area contributed by atoms with Gasteiger partial charge in [-0.2, -0.15) is 23.5 Å². The van der Waals surface area contributed by atoms with Gasteiger partial charge in [0.25, 0.3) is 12.4 Å². The number of nitriles is 1. The molecule has 0 radical (unpaired) electrons. The number of carboxylic acid groups (broad SMARTS) is 1. The number of imidazole rings is 1. The SMILES string of the molecule is N#CCCn1cc(-c2cnc3c(Nc4ccc(C(=O)N5CCN(C(=O)N[C@@H]6CCNC6)CC5)c(Cl)c4)nccn23)c(C(F)(F)F)n1.O=CO. The van der Waals surface area contributed by atoms with Crippen molar-refractivity contribution in [2.45, 2.75) is 31.6 Å². The van der Waals surface area contributed by atoms with Gasteiger partial charge in [-0.1, -0.05) is 11.6 Å². The van der Waals surface area contributed by atoms with Gasteiger partial charge in [-0.15, -0.1) is 0 Å². The number of aryl methyl sites for hydroxylation is 1. The summed E-state index contributed by atoms with van der Waals surface area (Å²) in [5.41, 5.74) is -0.106. The van der Waals surface area contributed by atoms with Crippen molar-refractivity contribution in [3.8, 4) is 17.3 Å². The van der Waals surface area contributed by atoms with Gasteiger partial charge in [-0.05, 0) is 31.2 Å². The number of aromatic nitrogens is 5. The van der Waals surface area contributed by atoms with Gasteiger partial charge in [0.05, 0.1) is 47.1 Å². The third kappa shape index (κ3) is 8.01. The van der Waals surface area contributed by atoms with Gasteiger partial charge in [0.2, 0.25) is 0 Å². The van der Waals surface area contributed by atoms with Gasteiger partial charge in [-0.25, -0.2) is 14.8 Å². The number of rotatable bonds is 7. The third-order valence-corrected chi connectivity index (χ3v) is 8.20. The Balaban J connectivity index is 0.00000151. The molecule has 4 N–H and O–H groups in total. The van der Waals surface area contributed by atoms with Crippen LogP contribution in [0.2, 0.25) is 5.02 Å². The number of anilines is 2. The number of urea groups is 1. The van der Waals surface area contributed by atoms with E-state index in [1.54, 1.807) is 28.0 Å². The normalized spacial score (nSPS) is 16.1. The summed E-state index contributed by atoms with van der Waals surface area (Å²) < 4.78 is 44.1. The van der Waals surface area contributed by atoms with Gasteiger partial charge in [0.15, 0.2) is 17.2 Å². The number of hydrogen-bond acceptors (Lipinski definition) is 9. The predicted molar refractivity (Wildman–Crippen MR) is 170 cm³/mol. The average molecular weight is 702 g/mol. The molecule has 2 aliphatic rings. The van der Waals surface area contributed by atoms with E-state index in [0.29, 0.717) is 37.4 Å². The maximum absolute atomic E-state index is 13.9. The van der Waals surface area contributed by atoms with Crippen molar-refractivity contribution in [2.24, 2.45) is 0 Å². The molecule has 0 aliphatic carbocycles. The van der Waals surface area contributed by atoms with Crippen LogP contribution >= 0.6 is 11.6 Å². The molecule has 1 aromatic carbocycles. The minimum atomic E-state index is -4.73. The second kappa shape index (κ2) is 15.2. The van der Waals surface area contributed by atoms with Crippen LogP contribution in [0, 0.1) is 11.3 Å². The summed E-state index contributed by atoms with van der Waals surface area (Å²) in [5, 5.41) is 28.9. The number of amides is 3. The van der Waals surface area contributed by atoms with E-state index in [1.165, 1.54) is 29.2 Å². The van der Waals surface area contributed by atoms with Crippen LogP contribution in [0.15, 0.2) is 43.0 Å². The van der Waals surface area contributed by atoms with Gasteiger partial charge in [0, 0.05) is 63.0 Å². The smallest absolute Gasteiger partial charge is 0.435 e. The third-order valence-electron chi connectivity index (χ3n) is 7.89. The molecule has 19 heteroatoms. The van der Waals surface area contributed by atoms with Crippen molar-refractivity contribution in [2.75, 3.05) is 44.6 Å². The molecule has 0 unspecified atom stereocenters. The quantitative estimate of drug-likeness (QED) is 0.208. The zero-order valence-corrected chi connectivity index (χ0v) is 26.6. The Labute approximate surface area is 282 Å². The maximum atomic E-state index is 13.9. The Hall–Kier alpha value is -5.41. The number of carbonyl (C=O) groups excluding carboxylic acids is 2. The monoisotopic (exact) mass is 701 g/mol. The molecule has 0 spiro atoms. The van der Waals surface area contributed by atoms with E-state index in [9.17, 15) is 22.8 Å². The van der Waals surface area contributed by atoms with Gasteiger partial charge < -0.3 is 30.9 Å². The van der Waals surface area contributed by atoms with Crippen molar-refractivity contribution in [3.05, 3.63) is 59.3 Å². The number of benzene rings is 1. The van der Waals surface area contributed by atoms with Crippen molar-refractivity contribution >= 4 is 47.2 Å². The van der Waals surface area contributed by atoms with E-state index in [-0.39, 0.29) is 65.2 Å². The first-order valence-electron chi connectivity index (χ1n) is 15.1. The van der Waals surface area contributed by atoms with E-state index in [2.05, 4.69) is 31.0 Å². The molecule has 3 amide bonds. The zero-order valence-electron chi connectivity index (χ0n) is 25.8. The van der Waals surface area contributed by atoms with Crippen molar-refractivity contribution in [3.63, 3.8) is 0 Å². The molecule has 1 atom stereocenters. The zero-order chi connectivity index (χ0) is 35.1. The molecule has 0 bridgehead atoms. The summed E-state index contributed by atoms with van der Waals surface area (Å²) in [6, 6.07) is 6.68. The summed E-state index contributed by atoms with van der Waals surface area (Å²) in [7, 11) is 0. The Bertz CT molecular complexity index is 1860. The largest absolute Gasteiger partial charge is 0.483 e. The number of nitrogens with one attached hydrogen (secondary N) is 3. The fraction of sp³-hybridized carbons (Fsp3) is 0.367. The number of nitrogens with zero attached hydrogens (tertiary/aromatic N) is 8. The number of piperazine rings is 1. The number of fused-ring (bicyclic) bond motifs is 1. The summed E-state index contributed by atoms with van der Waals surface area (Å²) in [5.74, 6) is -0.0115. The van der Waals surface area contributed by atoms with Gasteiger partial charge in [0.1, 0.15) is 0 Å². The van der Waals surface area contributed by atoms with Crippen LogP contribution in [-0.2, 0) is 17.5 Å². The maximum Gasteiger partial charge on any atom is 0.435 e. The highest BCUT2D eigenvalue weighted by atomic mass is 35.5. The molecule has 5 heterocycles. The Morgan fingerprint density at radius 1 is 1.18 bits per heavy atom. The molecular formula is C30H31ClF3N11O4. The van der Waals surface area contributed by atoms with Crippen LogP contribution in [0.25, 0.3) is 16.9 Å². The average Bonchev–Trinajstić information content (AvgIpc) is 3.84. The molecule has 2 aliphatic heterocycles.